The Labute approximate surface area is 118 Å². The highest BCUT2D eigenvalue weighted by molar-refractivity contribution is 5.29. The predicted molar refractivity (Wildman–Crippen MR) is 83.4 cm³/mol. The molecule has 2 rings (SSSR count). The molecule has 0 saturated heterocycles. The predicted octanol–water partition coefficient (Wildman–Crippen LogP) is 4.87. The van der Waals surface area contributed by atoms with Gasteiger partial charge in [-0.05, 0) is 48.8 Å². The van der Waals surface area contributed by atoms with E-state index >= 15 is 0 Å². The first-order valence-electron chi connectivity index (χ1n) is 8.13. The number of benzene rings is 1. The number of unbranched alkanes of at least 4 members (excludes halogenated alkanes) is 1. The fraction of sp³-hybridized carbons (Fsp3) is 0.667. The van der Waals surface area contributed by atoms with Crippen molar-refractivity contribution in [2.75, 3.05) is 6.54 Å². The van der Waals surface area contributed by atoms with E-state index in [1.807, 2.05) is 0 Å². The van der Waals surface area contributed by atoms with E-state index in [1.54, 1.807) is 5.56 Å². The molecule has 1 fully saturated rings. The molecule has 1 atom stereocenters. The van der Waals surface area contributed by atoms with Gasteiger partial charge in [-0.25, -0.2) is 0 Å². The van der Waals surface area contributed by atoms with Gasteiger partial charge in [-0.15, -0.1) is 0 Å². The molecule has 1 unspecified atom stereocenters. The van der Waals surface area contributed by atoms with Crippen molar-refractivity contribution < 1.29 is 0 Å². The minimum atomic E-state index is 0.853. The Morgan fingerprint density at radius 1 is 1.26 bits per heavy atom. The van der Waals surface area contributed by atoms with Crippen molar-refractivity contribution in [2.45, 2.75) is 64.8 Å². The third kappa shape index (κ3) is 4.99. The van der Waals surface area contributed by atoms with Crippen LogP contribution in [-0.2, 0) is 6.54 Å². The van der Waals surface area contributed by atoms with Crippen LogP contribution in [0.1, 0.15) is 69.4 Å². The van der Waals surface area contributed by atoms with Gasteiger partial charge in [-0.3, -0.25) is 0 Å². The Morgan fingerprint density at radius 2 is 2.11 bits per heavy atom. The van der Waals surface area contributed by atoms with Crippen molar-refractivity contribution in [2.24, 2.45) is 5.92 Å². The van der Waals surface area contributed by atoms with Gasteiger partial charge in [0, 0.05) is 6.54 Å². The molecule has 0 radical (unpaired) electrons. The number of hydrogen-bond donors (Lipinski definition) is 1. The average Bonchev–Trinajstić information content (AvgIpc) is 3.27. The van der Waals surface area contributed by atoms with E-state index < -0.39 is 0 Å². The Bertz CT molecular complexity index is 368. The minimum Gasteiger partial charge on any atom is -0.312 e. The van der Waals surface area contributed by atoms with Crippen LogP contribution in [0.25, 0.3) is 0 Å². The Hall–Kier alpha value is -0.820. The Balaban J connectivity index is 1.73. The molecule has 0 aliphatic heterocycles. The monoisotopic (exact) mass is 259 g/mol. The molecule has 0 amide bonds. The maximum absolute atomic E-state index is 3.65. The van der Waals surface area contributed by atoms with Gasteiger partial charge in [0.25, 0.3) is 0 Å². The summed E-state index contributed by atoms with van der Waals surface area (Å²) in [6.07, 6.45) is 8.16. The highest BCUT2D eigenvalue weighted by Crippen LogP contribution is 2.40. The normalized spacial score (nSPS) is 16.5. The lowest BCUT2D eigenvalue weighted by molar-refractivity contribution is 0.419. The van der Waals surface area contributed by atoms with Crippen LogP contribution in [0, 0.1) is 5.92 Å². The molecule has 0 spiro atoms. The summed E-state index contributed by atoms with van der Waals surface area (Å²) in [6, 6.07) is 9.17. The second-order valence-electron chi connectivity index (χ2n) is 6.07. The molecule has 1 N–H and O–H groups in total. The molecule has 1 aliphatic carbocycles. The van der Waals surface area contributed by atoms with Gasteiger partial charge in [0.1, 0.15) is 0 Å². The average molecular weight is 259 g/mol. The molecule has 1 aromatic carbocycles. The van der Waals surface area contributed by atoms with E-state index in [-0.39, 0.29) is 0 Å². The van der Waals surface area contributed by atoms with Crippen molar-refractivity contribution in [1.82, 2.24) is 5.32 Å². The molecule has 0 heterocycles. The standard InChI is InChI=1S/C18H29N/c1-3-5-7-15(4-2)13-19-14-16-8-6-9-18(12-16)17-10-11-17/h6,8-9,12,15,17,19H,3-5,7,10-11,13-14H2,1-2H3. The molecule has 19 heavy (non-hydrogen) atoms. The summed E-state index contributed by atoms with van der Waals surface area (Å²) in [5.74, 6) is 1.72. The second kappa shape index (κ2) is 7.69. The lowest BCUT2D eigenvalue weighted by Gasteiger charge is -2.15. The molecule has 0 aromatic heterocycles. The van der Waals surface area contributed by atoms with Crippen LogP contribution < -0.4 is 5.32 Å². The summed E-state index contributed by atoms with van der Waals surface area (Å²) in [6.45, 7) is 6.80. The summed E-state index contributed by atoms with van der Waals surface area (Å²) in [5, 5.41) is 3.65. The van der Waals surface area contributed by atoms with Crippen LogP contribution in [0.15, 0.2) is 24.3 Å². The van der Waals surface area contributed by atoms with E-state index in [9.17, 15) is 0 Å². The third-order valence-corrected chi connectivity index (χ3v) is 4.31. The van der Waals surface area contributed by atoms with E-state index in [0.29, 0.717) is 0 Å². The topological polar surface area (TPSA) is 12.0 Å². The quantitative estimate of drug-likeness (QED) is 0.667. The van der Waals surface area contributed by atoms with Gasteiger partial charge in [0.2, 0.25) is 0 Å². The molecular formula is C18H29N. The SMILES string of the molecule is CCCCC(CC)CNCc1cccc(C2CC2)c1. The van der Waals surface area contributed by atoms with Gasteiger partial charge in [0.15, 0.2) is 0 Å². The zero-order valence-electron chi connectivity index (χ0n) is 12.6. The fourth-order valence-corrected chi connectivity index (χ4v) is 2.74. The molecule has 1 heteroatoms. The molecule has 1 aliphatic rings. The van der Waals surface area contributed by atoms with Crippen LogP contribution in [0.5, 0.6) is 0 Å². The van der Waals surface area contributed by atoms with E-state index in [0.717, 1.165) is 18.4 Å². The van der Waals surface area contributed by atoms with Crippen molar-refractivity contribution in [3.63, 3.8) is 0 Å². The van der Waals surface area contributed by atoms with Crippen LogP contribution in [0.3, 0.4) is 0 Å². The van der Waals surface area contributed by atoms with E-state index in [1.165, 1.54) is 50.6 Å². The zero-order chi connectivity index (χ0) is 13.5. The summed E-state index contributed by atoms with van der Waals surface area (Å²) < 4.78 is 0. The lowest BCUT2D eigenvalue weighted by atomic mass is 9.99. The van der Waals surface area contributed by atoms with Crippen LogP contribution in [-0.4, -0.2) is 6.54 Å². The largest absolute Gasteiger partial charge is 0.312 e. The molecule has 1 nitrogen and oxygen atoms in total. The summed E-state index contributed by atoms with van der Waals surface area (Å²) in [5.41, 5.74) is 3.01. The van der Waals surface area contributed by atoms with Crippen LogP contribution in [0.4, 0.5) is 0 Å². The maximum Gasteiger partial charge on any atom is 0.0205 e. The van der Waals surface area contributed by atoms with Gasteiger partial charge in [-0.1, -0.05) is 57.4 Å². The first kappa shape index (κ1) is 14.6. The van der Waals surface area contributed by atoms with Gasteiger partial charge in [0.05, 0.1) is 0 Å². The number of hydrogen-bond acceptors (Lipinski definition) is 1. The van der Waals surface area contributed by atoms with Crippen LogP contribution in [0.2, 0.25) is 0 Å². The van der Waals surface area contributed by atoms with Crippen molar-refractivity contribution in [1.29, 1.82) is 0 Å². The fourth-order valence-electron chi connectivity index (χ4n) is 2.74. The van der Waals surface area contributed by atoms with Crippen molar-refractivity contribution >= 4 is 0 Å². The molecule has 106 valence electrons. The Kier molecular flexibility index (Phi) is 5.91. The van der Waals surface area contributed by atoms with Crippen molar-refractivity contribution in [3.05, 3.63) is 35.4 Å². The van der Waals surface area contributed by atoms with E-state index in [2.05, 4.69) is 43.4 Å². The van der Waals surface area contributed by atoms with E-state index in [4.69, 9.17) is 0 Å². The van der Waals surface area contributed by atoms with Gasteiger partial charge < -0.3 is 5.32 Å². The van der Waals surface area contributed by atoms with Gasteiger partial charge in [-0.2, -0.15) is 0 Å². The number of nitrogens with one attached hydrogen (secondary N) is 1. The first-order valence-corrected chi connectivity index (χ1v) is 8.13. The molecular weight excluding hydrogens is 230 g/mol. The molecule has 1 aromatic rings. The molecule has 1 saturated carbocycles. The zero-order valence-corrected chi connectivity index (χ0v) is 12.6. The highest BCUT2D eigenvalue weighted by Gasteiger charge is 2.23. The lowest BCUT2D eigenvalue weighted by Crippen LogP contribution is -2.22. The maximum atomic E-state index is 3.65. The number of rotatable bonds is 9. The third-order valence-electron chi connectivity index (χ3n) is 4.31. The summed E-state index contributed by atoms with van der Waals surface area (Å²) in [4.78, 5) is 0. The van der Waals surface area contributed by atoms with Crippen LogP contribution >= 0.6 is 0 Å². The molecule has 0 bridgehead atoms. The van der Waals surface area contributed by atoms with Gasteiger partial charge >= 0.3 is 0 Å². The minimum absolute atomic E-state index is 0.853. The second-order valence-corrected chi connectivity index (χ2v) is 6.07. The first-order chi connectivity index (χ1) is 9.33. The summed E-state index contributed by atoms with van der Waals surface area (Å²) >= 11 is 0. The summed E-state index contributed by atoms with van der Waals surface area (Å²) in [7, 11) is 0. The van der Waals surface area contributed by atoms with Crippen molar-refractivity contribution in [3.8, 4) is 0 Å². The Morgan fingerprint density at radius 3 is 2.79 bits per heavy atom. The highest BCUT2D eigenvalue weighted by atomic mass is 14.9. The smallest absolute Gasteiger partial charge is 0.0205 e.